The largest absolute Gasteiger partial charge is 0.375 e. The molecule has 0 spiro atoms. The van der Waals surface area contributed by atoms with Gasteiger partial charge in [0.05, 0.1) is 12.2 Å². The van der Waals surface area contributed by atoms with E-state index < -0.39 is 0 Å². The highest BCUT2D eigenvalue weighted by molar-refractivity contribution is 14.0. The molecule has 0 amide bonds. The number of nitrogens with zero attached hydrogens (tertiary/aromatic N) is 3. The third-order valence-electron chi connectivity index (χ3n) is 5.32. The van der Waals surface area contributed by atoms with E-state index >= 15 is 0 Å². The van der Waals surface area contributed by atoms with E-state index in [1.165, 1.54) is 30.4 Å². The van der Waals surface area contributed by atoms with Crippen molar-refractivity contribution in [3.05, 3.63) is 51.5 Å². The summed E-state index contributed by atoms with van der Waals surface area (Å²) in [6.45, 7) is 6.56. The molecule has 1 N–H and O–H groups in total. The predicted molar refractivity (Wildman–Crippen MR) is 133 cm³/mol. The Kier molecular flexibility index (Phi) is 9.85. The zero-order chi connectivity index (χ0) is 19.9. The van der Waals surface area contributed by atoms with Crippen molar-refractivity contribution in [3.63, 3.8) is 0 Å². The van der Waals surface area contributed by atoms with Crippen molar-refractivity contribution in [2.75, 3.05) is 27.2 Å². The topological polar surface area (TPSA) is 49.8 Å². The van der Waals surface area contributed by atoms with Crippen LogP contribution >= 0.6 is 35.3 Å². The molecular formula is C22H33IN4OS. The number of halogens is 1. The van der Waals surface area contributed by atoms with E-state index in [-0.39, 0.29) is 30.1 Å². The summed E-state index contributed by atoms with van der Waals surface area (Å²) in [4.78, 5) is 11.8. The lowest BCUT2D eigenvalue weighted by molar-refractivity contribution is 0.119. The standard InChI is InChI=1S/C22H32N4OS.HI/c1-5-23-22(26(3)14-19-15-28-21(25-19)16(2)27-4)24-13-18-11-8-10-17-9-6-7-12-20(17)18;/h6-7,9,12,15-16,18H,5,8,10-11,13-14H2,1-4H3,(H,23,24);1H. The number of methoxy groups -OCH3 is 1. The van der Waals surface area contributed by atoms with Gasteiger partial charge >= 0.3 is 0 Å². The second kappa shape index (κ2) is 11.9. The van der Waals surface area contributed by atoms with E-state index in [9.17, 15) is 0 Å². The third-order valence-corrected chi connectivity index (χ3v) is 6.38. The molecule has 3 rings (SSSR count). The van der Waals surface area contributed by atoms with E-state index in [0.717, 1.165) is 36.3 Å². The van der Waals surface area contributed by atoms with Gasteiger partial charge < -0.3 is 15.0 Å². The first-order valence-electron chi connectivity index (χ1n) is 10.2. The normalized spacial score (nSPS) is 17.2. The maximum atomic E-state index is 5.37. The molecule has 29 heavy (non-hydrogen) atoms. The molecule has 5 nitrogen and oxygen atoms in total. The molecule has 2 unspecified atom stereocenters. The van der Waals surface area contributed by atoms with E-state index in [1.54, 1.807) is 18.4 Å². The van der Waals surface area contributed by atoms with Crippen LogP contribution in [0, 0.1) is 0 Å². The van der Waals surface area contributed by atoms with Crippen molar-refractivity contribution in [2.45, 2.75) is 51.7 Å². The zero-order valence-electron chi connectivity index (χ0n) is 17.9. The Morgan fingerprint density at radius 2 is 2.21 bits per heavy atom. The van der Waals surface area contributed by atoms with Crippen molar-refractivity contribution in [2.24, 2.45) is 4.99 Å². The van der Waals surface area contributed by atoms with Crippen LogP contribution in [0.4, 0.5) is 0 Å². The van der Waals surface area contributed by atoms with E-state index in [2.05, 4.69) is 53.8 Å². The first kappa shape index (κ1) is 24.1. The van der Waals surface area contributed by atoms with Gasteiger partial charge in [-0.15, -0.1) is 35.3 Å². The van der Waals surface area contributed by atoms with E-state index in [4.69, 9.17) is 14.7 Å². The highest BCUT2D eigenvalue weighted by atomic mass is 127. The number of nitrogens with one attached hydrogen (secondary N) is 1. The van der Waals surface area contributed by atoms with Gasteiger partial charge in [-0.3, -0.25) is 4.99 Å². The first-order chi connectivity index (χ1) is 13.6. The lowest BCUT2D eigenvalue weighted by atomic mass is 9.83. The number of fused-ring (bicyclic) bond motifs is 1. The monoisotopic (exact) mass is 528 g/mol. The molecule has 0 saturated carbocycles. The predicted octanol–water partition coefficient (Wildman–Crippen LogP) is 4.99. The molecule has 160 valence electrons. The van der Waals surface area contributed by atoms with Gasteiger partial charge in [0, 0.05) is 38.5 Å². The van der Waals surface area contributed by atoms with Gasteiger partial charge in [-0.2, -0.15) is 0 Å². The Bertz CT molecular complexity index is 795. The molecule has 1 heterocycles. The molecule has 0 bridgehead atoms. The van der Waals surface area contributed by atoms with Crippen LogP contribution < -0.4 is 5.32 Å². The lowest BCUT2D eigenvalue weighted by Gasteiger charge is -2.26. The molecule has 0 saturated heterocycles. The van der Waals surface area contributed by atoms with Crippen LogP contribution in [0.25, 0.3) is 0 Å². The zero-order valence-corrected chi connectivity index (χ0v) is 21.0. The maximum Gasteiger partial charge on any atom is 0.194 e. The van der Waals surface area contributed by atoms with Crippen LogP contribution in [0.2, 0.25) is 0 Å². The summed E-state index contributed by atoms with van der Waals surface area (Å²) >= 11 is 1.65. The van der Waals surface area contributed by atoms with Crippen molar-refractivity contribution >= 4 is 41.3 Å². The number of rotatable bonds is 7. The molecule has 1 aromatic carbocycles. The van der Waals surface area contributed by atoms with Gasteiger partial charge in [-0.25, -0.2) is 4.98 Å². The highest BCUT2D eigenvalue weighted by Gasteiger charge is 2.20. The van der Waals surface area contributed by atoms with Gasteiger partial charge in [-0.05, 0) is 44.2 Å². The minimum atomic E-state index is 0. The number of hydrogen-bond donors (Lipinski definition) is 1. The van der Waals surface area contributed by atoms with Crippen LogP contribution in [0.15, 0.2) is 34.6 Å². The van der Waals surface area contributed by atoms with Crippen LogP contribution in [0.5, 0.6) is 0 Å². The molecule has 0 aliphatic heterocycles. The summed E-state index contributed by atoms with van der Waals surface area (Å²) in [6.07, 6.45) is 3.71. The number of thiazole rings is 1. The summed E-state index contributed by atoms with van der Waals surface area (Å²) in [5, 5.41) is 6.57. The summed E-state index contributed by atoms with van der Waals surface area (Å²) in [6, 6.07) is 8.84. The summed E-state index contributed by atoms with van der Waals surface area (Å²) in [5.41, 5.74) is 4.03. The fourth-order valence-electron chi connectivity index (χ4n) is 3.71. The Morgan fingerprint density at radius 3 is 2.97 bits per heavy atom. The van der Waals surface area contributed by atoms with Crippen molar-refractivity contribution in [3.8, 4) is 0 Å². The summed E-state index contributed by atoms with van der Waals surface area (Å²) < 4.78 is 5.37. The molecular weight excluding hydrogens is 495 g/mol. The number of guanidine groups is 1. The summed E-state index contributed by atoms with van der Waals surface area (Å²) in [7, 11) is 3.80. The quantitative estimate of drug-likeness (QED) is 0.313. The van der Waals surface area contributed by atoms with Gasteiger partial charge in [-0.1, -0.05) is 24.3 Å². The number of hydrogen-bond acceptors (Lipinski definition) is 4. The van der Waals surface area contributed by atoms with Crippen LogP contribution in [0.3, 0.4) is 0 Å². The smallest absolute Gasteiger partial charge is 0.194 e. The number of ether oxygens (including phenoxy) is 1. The number of aliphatic imine (C=N–C) groups is 1. The van der Waals surface area contributed by atoms with Crippen LogP contribution in [-0.4, -0.2) is 43.1 Å². The summed E-state index contributed by atoms with van der Waals surface area (Å²) in [5.74, 6) is 1.46. The fourth-order valence-corrected chi connectivity index (χ4v) is 4.55. The minimum absolute atomic E-state index is 0. The Labute approximate surface area is 196 Å². The molecule has 0 fully saturated rings. The number of aromatic nitrogens is 1. The van der Waals surface area contributed by atoms with Gasteiger partial charge in [0.15, 0.2) is 5.96 Å². The van der Waals surface area contributed by atoms with Gasteiger partial charge in [0.2, 0.25) is 0 Å². The first-order valence-corrected chi connectivity index (χ1v) is 11.0. The van der Waals surface area contributed by atoms with E-state index in [1.807, 2.05) is 6.92 Å². The van der Waals surface area contributed by atoms with Crippen molar-refractivity contribution in [1.82, 2.24) is 15.2 Å². The second-order valence-corrected chi connectivity index (χ2v) is 8.28. The number of aryl methyl sites for hydroxylation is 1. The molecule has 1 aliphatic rings. The number of benzene rings is 1. The minimum Gasteiger partial charge on any atom is -0.375 e. The van der Waals surface area contributed by atoms with Crippen molar-refractivity contribution in [1.29, 1.82) is 0 Å². The van der Waals surface area contributed by atoms with E-state index in [0.29, 0.717) is 5.92 Å². The Morgan fingerprint density at radius 1 is 1.41 bits per heavy atom. The lowest BCUT2D eigenvalue weighted by Crippen LogP contribution is -2.39. The SMILES string of the molecule is CCNC(=NCC1CCCc2ccccc21)N(C)Cc1csc(C(C)OC)n1.I. The van der Waals surface area contributed by atoms with Crippen LogP contribution in [0.1, 0.15) is 60.5 Å². The van der Waals surface area contributed by atoms with Gasteiger partial charge in [0.25, 0.3) is 0 Å². The van der Waals surface area contributed by atoms with Crippen molar-refractivity contribution < 1.29 is 4.74 Å². The molecule has 1 aliphatic carbocycles. The second-order valence-electron chi connectivity index (χ2n) is 7.39. The van der Waals surface area contributed by atoms with Crippen LogP contribution in [-0.2, 0) is 17.7 Å². The van der Waals surface area contributed by atoms with Gasteiger partial charge in [0.1, 0.15) is 11.1 Å². The average molecular weight is 529 g/mol. The average Bonchev–Trinajstić information content (AvgIpc) is 3.18. The molecule has 0 radical (unpaired) electrons. The maximum absolute atomic E-state index is 5.37. The molecule has 2 atom stereocenters. The Balaban J connectivity index is 0.00000300. The third kappa shape index (κ3) is 6.39. The Hall–Kier alpha value is -1.19. The highest BCUT2D eigenvalue weighted by Crippen LogP contribution is 2.31. The molecule has 7 heteroatoms. The molecule has 1 aromatic heterocycles. The molecule has 2 aromatic rings. The fraction of sp³-hybridized carbons (Fsp3) is 0.545.